The van der Waals surface area contributed by atoms with Crippen molar-refractivity contribution in [3.63, 3.8) is 0 Å². The van der Waals surface area contributed by atoms with Crippen LogP contribution in [-0.2, 0) is 0 Å². The van der Waals surface area contributed by atoms with Gasteiger partial charge in [0.05, 0.1) is 0 Å². The van der Waals surface area contributed by atoms with E-state index >= 15 is 0 Å². The van der Waals surface area contributed by atoms with Gasteiger partial charge < -0.3 is 0 Å². The van der Waals surface area contributed by atoms with Crippen molar-refractivity contribution in [1.29, 1.82) is 0 Å². The molecule has 0 aromatic heterocycles. The molecular formula is C22H43N. The van der Waals surface area contributed by atoms with Gasteiger partial charge in [-0.2, -0.15) is 0 Å². The zero-order chi connectivity index (χ0) is 16.8. The molecule has 2 atom stereocenters. The Morgan fingerprint density at radius 2 is 1.48 bits per heavy atom. The first-order chi connectivity index (χ1) is 11.2. The standard InChI is InChI=1S/C22H43N/c1-4-6-8-10-13-18-22(3,17-12-9-7-5-2)21-15-11-14-19-23-20-16-21/h20-21H,4-19H2,1-3H3. The van der Waals surface area contributed by atoms with Crippen LogP contribution in [0.3, 0.4) is 0 Å². The first-order valence-corrected chi connectivity index (χ1v) is 10.7. The van der Waals surface area contributed by atoms with E-state index in [-0.39, 0.29) is 0 Å². The van der Waals surface area contributed by atoms with E-state index in [1.54, 1.807) is 0 Å². The predicted molar refractivity (Wildman–Crippen MR) is 106 cm³/mol. The van der Waals surface area contributed by atoms with E-state index in [1.807, 2.05) is 0 Å². The van der Waals surface area contributed by atoms with E-state index in [9.17, 15) is 0 Å². The smallest absolute Gasteiger partial charge is 0.0385 e. The van der Waals surface area contributed by atoms with Crippen molar-refractivity contribution in [2.75, 3.05) is 6.54 Å². The summed E-state index contributed by atoms with van der Waals surface area (Å²) in [7, 11) is 0. The van der Waals surface area contributed by atoms with Crippen molar-refractivity contribution in [2.24, 2.45) is 16.3 Å². The summed E-state index contributed by atoms with van der Waals surface area (Å²) in [5.74, 6) is 0.874. The number of nitrogens with zero attached hydrogens (tertiary/aromatic N) is 1. The highest BCUT2D eigenvalue weighted by Crippen LogP contribution is 2.43. The SMILES string of the molecule is CCCCCCCC(C)(CCCCCC)C1CC=NCCCC1. The molecule has 23 heavy (non-hydrogen) atoms. The van der Waals surface area contributed by atoms with Crippen LogP contribution in [0, 0.1) is 11.3 Å². The van der Waals surface area contributed by atoms with Gasteiger partial charge in [-0.25, -0.2) is 0 Å². The van der Waals surface area contributed by atoms with Gasteiger partial charge in [-0.1, -0.05) is 85.0 Å². The molecule has 0 saturated carbocycles. The Labute approximate surface area is 146 Å². The first-order valence-electron chi connectivity index (χ1n) is 10.7. The molecule has 0 aliphatic carbocycles. The quantitative estimate of drug-likeness (QED) is 0.328. The summed E-state index contributed by atoms with van der Waals surface area (Å²) in [5, 5.41) is 0. The zero-order valence-electron chi connectivity index (χ0n) is 16.4. The van der Waals surface area contributed by atoms with Gasteiger partial charge in [-0.05, 0) is 49.7 Å². The minimum absolute atomic E-state index is 0.559. The van der Waals surface area contributed by atoms with Crippen LogP contribution in [0.25, 0.3) is 0 Å². The zero-order valence-corrected chi connectivity index (χ0v) is 16.4. The molecule has 0 saturated heterocycles. The van der Waals surface area contributed by atoms with Gasteiger partial charge in [0.25, 0.3) is 0 Å². The molecule has 1 aliphatic heterocycles. The maximum absolute atomic E-state index is 4.60. The molecule has 0 radical (unpaired) electrons. The highest BCUT2D eigenvalue weighted by atomic mass is 14.7. The molecule has 0 aromatic rings. The molecule has 0 bridgehead atoms. The molecule has 1 nitrogen and oxygen atoms in total. The average molecular weight is 322 g/mol. The van der Waals surface area contributed by atoms with Crippen LogP contribution in [0.1, 0.15) is 117 Å². The largest absolute Gasteiger partial charge is 0.298 e. The number of unbranched alkanes of at least 4 members (excludes halogenated alkanes) is 7. The lowest BCUT2D eigenvalue weighted by Gasteiger charge is -2.39. The summed E-state index contributed by atoms with van der Waals surface area (Å²) < 4.78 is 0. The van der Waals surface area contributed by atoms with Gasteiger partial charge in [0.15, 0.2) is 0 Å². The normalized spacial score (nSPS) is 21.6. The van der Waals surface area contributed by atoms with Gasteiger partial charge in [-0.3, -0.25) is 4.99 Å². The van der Waals surface area contributed by atoms with E-state index in [2.05, 4.69) is 32.0 Å². The van der Waals surface area contributed by atoms with E-state index in [1.165, 1.54) is 96.3 Å². The lowest BCUT2D eigenvalue weighted by Crippen LogP contribution is -2.29. The summed E-state index contributed by atoms with van der Waals surface area (Å²) in [6.45, 7) is 8.31. The molecule has 2 unspecified atom stereocenters. The van der Waals surface area contributed by atoms with Crippen molar-refractivity contribution >= 4 is 6.21 Å². The van der Waals surface area contributed by atoms with Crippen LogP contribution in [0.15, 0.2) is 4.99 Å². The third kappa shape index (κ3) is 8.91. The fourth-order valence-electron chi connectivity index (χ4n) is 4.26. The molecule has 0 amide bonds. The van der Waals surface area contributed by atoms with Gasteiger partial charge in [0, 0.05) is 6.54 Å². The van der Waals surface area contributed by atoms with Crippen molar-refractivity contribution in [3.8, 4) is 0 Å². The molecule has 1 rings (SSSR count). The second-order valence-electron chi connectivity index (χ2n) is 8.15. The molecule has 1 heterocycles. The van der Waals surface area contributed by atoms with Crippen LogP contribution in [0.5, 0.6) is 0 Å². The summed E-state index contributed by atoms with van der Waals surface area (Å²) in [4.78, 5) is 4.60. The Hall–Kier alpha value is -0.330. The average Bonchev–Trinajstić information content (AvgIpc) is 2.51. The number of aliphatic imine (C=N–C) groups is 1. The Morgan fingerprint density at radius 1 is 0.870 bits per heavy atom. The Balaban J connectivity index is 2.53. The second-order valence-corrected chi connectivity index (χ2v) is 8.15. The van der Waals surface area contributed by atoms with Crippen molar-refractivity contribution < 1.29 is 0 Å². The number of hydrogen-bond acceptors (Lipinski definition) is 1. The Morgan fingerprint density at radius 3 is 2.13 bits per heavy atom. The Bertz CT molecular complexity index is 296. The minimum atomic E-state index is 0.559. The van der Waals surface area contributed by atoms with Crippen LogP contribution >= 0.6 is 0 Å². The van der Waals surface area contributed by atoms with E-state index in [0.29, 0.717) is 5.41 Å². The summed E-state index contributed by atoms with van der Waals surface area (Å²) in [6, 6.07) is 0. The summed E-state index contributed by atoms with van der Waals surface area (Å²) in [5.41, 5.74) is 0.559. The number of rotatable bonds is 12. The minimum Gasteiger partial charge on any atom is -0.298 e. The van der Waals surface area contributed by atoms with Crippen molar-refractivity contribution in [3.05, 3.63) is 0 Å². The van der Waals surface area contributed by atoms with Gasteiger partial charge in [0.1, 0.15) is 0 Å². The van der Waals surface area contributed by atoms with Gasteiger partial charge in [0.2, 0.25) is 0 Å². The molecule has 1 aliphatic rings. The summed E-state index contributed by atoms with van der Waals surface area (Å²) in [6.07, 6.45) is 23.2. The van der Waals surface area contributed by atoms with Gasteiger partial charge >= 0.3 is 0 Å². The monoisotopic (exact) mass is 321 g/mol. The maximum Gasteiger partial charge on any atom is 0.0385 e. The first kappa shape index (κ1) is 20.7. The van der Waals surface area contributed by atoms with E-state index < -0.39 is 0 Å². The van der Waals surface area contributed by atoms with E-state index in [4.69, 9.17) is 0 Å². The van der Waals surface area contributed by atoms with E-state index in [0.717, 1.165) is 12.5 Å². The van der Waals surface area contributed by atoms with Crippen molar-refractivity contribution in [2.45, 2.75) is 117 Å². The topological polar surface area (TPSA) is 12.4 Å². The lowest BCUT2D eigenvalue weighted by atomic mass is 9.67. The van der Waals surface area contributed by atoms with Crippen LogP contribution in [-0.4, -0.2) is 12.8 Å². The van der Waals surface area contributed by atoms with Crippen LogP contribution < -0.4 is 0 Å². The van der Waals surface area contributed by atoms with Gasteiger partial charge in [-0.15, -0.1) is 0 Å². The predicted octanol–water partition coefficient (Wildman–Crippen LogP) is 7.58. The van der Waals surface area contributed by atoms with Crippen molar-refractivity contribution in [1.82, 2.24) is 0 Å². The molecule has 0 spiro atoms. The number of hydrogen-bond donors (Lipinski definition) is 0. The van der Waals surface area contributed by atoms with Crippen LogP contribution in [0.2, 0.25) is 0 Å². The molecule has 0 aromatic carbocycles. The highest BCUT2D eigenvalue weighted by molar-refractivity contribution is 5.57. The molecule has 136 valence electrons. The third-order valence-electron chi connectivity index (χ3n) is 6.05. The van der Waals surface area contributed by atoms with Crippen LogP contribution in [0.4, 0.5) is 0 Å². The molecular weight excluding hydrogens is 278 g/mol. The lowest BCUT2D eigenvalue weighted by molar-refractivity contribution is 0.135. The fourth-order valence-corrected chi connectivity index (χ4v) is 4.26. The third-order valence-corrected chi connectivity index (χ3v) is 6.05. The second kappa shape index (κ2) is 13.0. The highest BCUT2D eigenvalue weighted by Gasteiger charge is 2.32. The Kier molecular flexibility index (Phi) is 11.7. The molecule has 1 heteroatoms. The maximum atomic E-state index is 4.60. The molecule has 0 fully saturated rings. The fraction of sp³-hybridized carbons (Fsp3) is 0.955. The molecule has 0 N–H and O–H groups in total. The summed E-state index contributed by atoms with van der Waals surface area (Å²) >= 11 is 0.